The van der Waals surface area contributed by atoms with Crippen molar-refractivity contribution in [3.8, 4) is 17.2 Å². The van der Waals surface area contributed by atoms with Gasteiger partial charge in [0.2, 0.25) is 0 Å². The molecule has 2 aromatic carbocycles. The Morgan fingerprint density at radius 2 is 1.85 bits per heavy atom. The predicted octanol–water partition coefficient (Wildman–Crippen LogP) is 4.16. The van der Waals surface area contributed by atoms with Crippen LogP contribution in [0.25, 0.3) is 0 Å². The molecule has 0 aromatic heterocycles. The molecule has 136 valence electrons. The molecule has 0 N–H and O–H groups in total. The second kappa shape index (κ2) is 6.84. The largest absolute Gasteiger partial charge is 0.492 e. The lowest BCUT2D eigenvalue weighted by atomic mass is 9.89. The molecule has 2 atom stereocenters. The minimum atomic E-state index is 0.0542. The van der Waals surface area contributed by atoms with Crippen LogP contribution in [0, 0.1) is 0 Å². The number of para-hydroxylation sites is 1. The van der Waals surface area contributed by atoms with Crippen LogP contribution in [0.2, 0.25) is 0 Å². The first-order valence-corrected chi connectivity index (χ1v) is 9.76. The molecular weight excluding hydrogens is 326 g/mol. The number of benzene rings is 2. The van der Waals surface area contributed by atoms with Gasteiger partial charge in [-0.25, -0.2) is 0 Å². The summed E-state index contributed by atoms with van der Waals surface area (Å²) in [7, 11) is 0. The van der Waals surface area contributed by atoms with Crippen molar-refractivity contribution in [2.45, 2.75) is 31.3 Å². The summed E-state index contributed by atoms with van der Waals surface area (Å²) >= 11 is 0. The molecule has 0 radical (unpaired) electrons. The van der Waals surface area contributed by atoms with Gasteiger partial charge in [-0.15, -0.1) is 0 Å². The number of likely N-dealkylation sites (tertiary alicyclic amines) is 1. The number of hydrogen-bond donors (Lipinski definition) is 0. The third kappa shape index (κ3) is 2.92. The molecule has 3 aliphatic heterocycles. The molecule has 0 saturated carbocycles. The van der Waals surface area contributed by atoms with Crippen molar-refractivity contribution in [1.82, 2.24) is 4.90 Å². The van der Waals surface area contributed by atoms with Crippen LogP contribution < -0.4 is 14.2 Å². The molecular formula is C22H25NO3. The zero-order valence-corrected chi connectivity index (χ0v) is 15.0. The van der Waals surface area contributed by atoms with E-state index < -0.39 is 0 Å². The molecule has 5 rings (SSSR count). The van der Waals surface area contributed by atoms with Crippen LogP contribution in [0.1, 0.15) is 42.4 Å². The lowest BCUT2D eigenvalue weighted by Gasteiger charge is -2.28. The molecule has 3 heterocycles. The summed E-state index contributed by atoms with van der Waals surface area (Å²) in [5.41, 5.74) is 2.38. The Hall–Kier alpha value is -2.20. The van der Waals surface area contributed by atoms with Gasteiger partial charge in [-0.3, -0.25) is 4.90 Å². The Morgan fingerprint density at radius 3 is 2.77 bits per heavy atom. The van der Waals surface area contributed by atoms with Crippen LogP contribution in [0.3, 0.4) is 0 Å². The molecule has 1 saturated heterocycles. The number of piperidine rings is 1. The minimum Gasteiger partial charge on any atom is -0.492 e. The number of hydrogen-bond acceptors (Lipinski definition) is 4. The highest BCUT2D eigenvalue weighted by molar-refractivity contribution is 5.50. The highest BCUT2D eigenvalue weighted by Gasteiger charge is 2.40. The van der Waals surface area contributed by atoms with Crippen molar-refractivity contribution >= 4 is 0 Å². The number of fused-ring (bicyclic) bond motifs is 5. The summed E-state index contributed by atoms with van der Waals surface area (Å²) in [5, 5.41) is 0. The van der Waals surface area contributed by atoms with E-state index in [1.807, 2.05) is 24.3 Å². The van der Waals surface area contributed by atoms with E-state index in [0.29, 0.717) is 6.61 Å². The second-order valence-corrected chi connectivity index (χ2v) is 7.44. The standard InChI is InChI=1S/C22H25NO3/c1-4-10-23(11-5-1)12-13-24-16-8-9-18-21(14-16)25-15-19-17-6-2-3-7-20(17)26-22(18)19/h2-3,6-9,14,19,22H,1,4-5,10-13,15H2/t19-,22-/m0/s1. The second-order valence-electron chi connectivity index (χ2n) is 7.44. The third-order valence-corrected chi connectivity index (χ3v) is 5.77. The summed E-state index contributed by atoms with van der Waals surface area (Å²) < 4.78 is 18.3. The van der Waals surface area contributed by atoms with Crippen molar-refractivity contribution in [3.63, 3.8) is 0 Å². The van der Waals surface area contributed by atoms with E-state index >= 15 is 0 Å². The van der Waals surface area contributed by atoms with Crippen molar-refractivity contribution in [2.75, 3.05) is 32.8 Å². The molecule has 0 aliphatic carbocycles. The van der Waals surface area contributed by atoms with Crippen LogP contribution in [0.4, 0.5) is 0 Å². The van der Waals surface area contributed by atoms with E-state index in [1.165, 1.54) is 37.9 Å². The lowest BCUT2D eigenvalue weighted by Crippen LogP contribution is -2.33. The normalized spacial score (nSPS) is 24.0. The van der Waals surface area contributed by atoms with Gasteiger partial charge in [-0.05, 0) is 44.1 Å². The summed E-state index contributed by atoms with van der Waals surface area (Å²) in [4.78, 5) is 2.49. The van der Waals surface area contributed by atoms with Crippen LogP contribution in [-0.2, 0) is 0 Å². The van der Waals surface area contributed by atoms with E-state index in [1.54, 1.807) is 0 Å². The lowest BCUT2D eigenvalue weighted by molar-refractivity contribution is 0.138. The fourth-order valence-electron chi connectivity index (χ4n) is 4.35. The zero-order valence-electron chi connectivity index (χ0n) is 15.0. The first-order valence-electron chi connectivity index (χ1n) is 9.76. The van der Waals surface area contributed by atoms with Crippen molar-refractivity contribution in [3.05, 3.63) is 53.6 Å². The summed E-state index contributed by atoms with van der Waals surface area (Å²) in [5.74, 6) is 3.05. The van der Waals surface area contributed by atoms with Gasteiger partial charge in [0.25, 0.3) is 0 Å². The average Bonchev–Trinajstić information content (AvgIpc) is 3.08. The highest BCUT2D eigenvalue weighted by atomic mass is 16.5. The molecule has 0 unspecified atom stereocenters. The molecule has 1 fully saturated rings. The number of rotatable bonds is 4. The average molecular weight is 351 g/mol. The molecule has 4 heteroatoms. The first-order chi connectivity index (χ1) is 12.9. The Bertz CT molecular complexity index is 785. The van der Waals surface area contributed by atoms with Crippen molar-refractivity contribution in [2.24, 2.45) is 0 Å². The van der Waals surface area contributed by atoms with Crippen LogP contribution >= 0.6 is 0 Å². The van der Waals surface area contributed by atoms with E-state index in [-0.39, 0.29) is 12.0 Å². The maximum Gasteiger partial charge on any atom is 0.138 e. The maximum absolute atomic E-state index is 6.21. The molecule has 4 nitrogen and oxygen atoms in total. The molecule has 26 heavy (non-hydrogen) atoms. The van der Waals surface area contributed by atoms with Crippen LogP contribution in [-0.4, -0.2) is 37.7 Å². The first kappa shape index (κ1) is 16.0. The predicted molar refractivity (Wildman–Crippen MR) is 100 cm³/mol. The minimum absolute atomic E-state index is 0.0542. The van der Waals surface area contributed by atoms with E-state index in [2.05, 4.69) is 23.1 Å². The maximum atomic E-state index is 6.21. The monoisotopic (exact) mass is 351 g/mol. The summed E-state index contributed by atoms with van der Waals surface area (Å²) in [6, 6.07) is 14.5. The van der Waals surface area contributed by atoms with Crippen LogP contribution in [0.5, 0.6) is 17.2 Å². The summed E-state index contributed by atoms with van der Waals surface area (Å²) in [6.07, 6.45) is 4.06. The zero-order chi connectivity index (χ0) is 17.3. The molecule has 0 spiro atoms. The third-order valence-electron chi connectivity index (χ3n) is 5.77. The Morgan fingerprint density at radius 1 is 0.962 bits per heavy atom. The van der Waals surface area contributed by atoms with Gasteiger partial charge in [0.15, 0.2) is 0 Å². The Labute approximate surface area is 154 Å². The van der Waals surface area contributed by atoms with Gasteiger partial charge in [0.05, 0.1) is 12.5 Å². The smallest absolute Gasteiger partial charge is 0.138 e. The SMILES string of the molecule is c1ccc2c(c1)O[C@H]1c3ccc(OCCN4CCCCC4)cc3OC[C@@H]21. The van der Waals surface area contributed by atoms with Crippen molar-refractivity contribution < 1.29 is 14.2 Å². The van der Waals surface area contributed by atoms with Gasteiger partial charge in [-0.2, -0.15) is 0 Å². The Balaban J connectivity index is 1.26. The molecule has 0 bridgehead atoms. The quantitative estimate of drug-likeness (QED) is 0.828. The van der Waals surface area contributed by atoms with Gasteiger partial charge in [-0.1, -0.05) is 24.6 Å². The van der Waals surface area contributed by atoms with Crippen LogP contribution in [0.15, 0.2) is 42.5 Å². The van der Waals surface area contributed by atoms with E-state index in [0.717, 1.165) is 36.0 Å². The van der Waals surface area contributed by atoms with Gasteiger partial charge in [0.1, 0.15) is 30.0 Å². The van der Waals surface area contributed by atoms with E-state index in [4.69, 9.17) is 14.2 Å². The van der Waals surface area contributed by atoms with Gasteiger partial charge >= 0.3 is 0 Å². The fourth-order valence-corrected chi connectivity index (χ4v) is 4.35. The molecule has 2 aromatic rings. The molecule has 3 aliphatic rings. The van der Waals surface area contributed by atoms with Crippen molar-refractivity contribution in [1.29, 1.82) is 0 Å². The summed E-state index contributed by atoms with van der Waals surface area (Å²) in [6.45, 7) is 4.80. The fraction of sp³-hybridized carbons (Fsp3) is 0.455. The topological polar surface area (TPSA) is 30.9 Å². The number of ether oxygens (including phenoxy) is 3. The molecule has 0 amide bonds. The Kier molecular flexibility index (Phi) is 4.21. The van der Waals surface area contributed by atoms with Gasteiger partial charge < -0.3 is 14.2 Å². The van der Waals surface area contributed by atoms with Gasteiger partial charge in [0, 0.05) is 23.7 Å². The highest BCUT2D eigenvalue weighted by Crippen LogP contribution is 2.51. The van der Waals surface area contributed by atoms with E-state index in [9.17, 15) is 0 Å². The number of nitrogens with zero attached hydrogens (tertiary/aromatic N) is 1.